The summed E-state index contributed by atoms with van der Waals surface area (Å²) in [7, 11) is 0. The number of carbonyl (C=O) groups is 3. The molecule has 0 bridgehead atoms. The maximum atomic E-state index is 15.9. The monoisotopic (exact) mass is 536 g/mol. The van der Waals surface area contributed by atoms with Crippen molar-refractivity contribution in [1.29, 1.82) is 0 Å². The lowest BCUT2D eigenvalue weighted by Crippen LogP contribution is -2.56. The molecule has 38 heavy (non-hydrogen) atoms. The van der Waals surface area contributed by atoms with Crippen molar-refractivity contribution < 1.29 is 42.7 Å². The van der Waals surface area contributed by atoms with E-state index in [0.717, 1.165) is 32.9 Å². The molecule has 3 aliphatic heterocycles. The summed E-state index contributed by atoms with van der Waals surface area (Å²) in [6.45, 7) is -15.8. The van der Waals surface area contributed by atoms with Gasteiger partial charge < -0.3 is 15.0 Å². The molecule has 202 valence electrons. The Hall–Kier alpha value is -3.30. The van der Waals surface area contributed by atoms with Crippen molar-refractivity contribution in [3.8, 4) is 0 Å². The minimum atomic E-state index is -3.39. The quantitative estimate of drug-likeness (QED) is 0.549. The Morgan fingerprint density at radius 3 is 2.76 bits per heavy atom. The molecule has 2 aromatic rings. The second kappa shape index (κ2) is 9.78. The molecule has 3 heterocycles. The summed E-state index contributed by atoms with van der Waals surface area (Å²) >= 11 is 0. The summed E-state index contributed by atoms with van der Waals surface area (Å²) in [5.74, 6) is -4.46. The summed E-state index contributed by atoms with van der Waals surface area (Å²) in [5, 5.41) is 4.27. The molecule has 0 saturated carbocycles. The first kappa shape index (κ1) is 14.2. The number of amides is 3. The zero-order chi connectivity index (χ0) is 39.6. The Bertz CT molecular complexity index is 1870. The molecular formula is C29H35FN4O4. The normalized spacial score (nSPS) is 37.8. The van der Waals surface area contributed by atoms with Crippen LogP contribution in [-0.2, 0) is 33.8 Å². The highest BCUT2D eigenvalue weighted by atomic mass is 19.1. The van der Waals surface area contributed by atoms with Crippen LogP contribution in [0.15, 0.2) is 36.4 Å². The number of nitrogens with one attached hydrogen (secondary N) is 2. The van der Waals surface area contributed by atoms with E-state index in [9.17, 15) is 14.4 Å². The van der Waals surface area contributed by atoms with Crippen LogP contribution in [-0.4, -0.2) is 57.7 Å². The molecule has 0 radical (unpaired) electrons. The molecule has 3 aliphatic rings. The number of anilines is 1. The highest BCUT2D eigenvalue weighted by molar-refractivity contribution is 6.06. The minimum Gasteiger partial charge on any atom is -0.381 e. The van der Waals surface area contributed by atoms with Gasteiger partial charge in [-0.1, -0.05) is 18.2 Å². The lowest BCUT2D eigenvalue weighted by molar-refractivity contribution is -0.182. The number of nitrogens with zero attached hydrogens (tertiary/aromatic N) is 2. The first-order valence-electron chi connectivity index (χ1n) is 18.7. The summed E-state index contributed by atoms with van der Waals surface area (Å²) in [4.78, 5) is 38.3. The smallest absolute Gasteiger partial charge is 0.255 e. The van der Waals surface area contributed by atoms with Crippen molar-refractivity contribution in [3.63, 3.8) is 0 Å². The fourth-order valence-corrected chi connectivity index (χ4v) is 4.32. The summed E-state index contributed by atoms with van der Waals surface area (Å²) in [6, 6.07) is 3.19. The number of hydrogen-bond donors (Lipinski definition) is 2. The maximum Gasteiger partial charge on any atom is 0.255 e. The molecule has 2 N–H and O–H groups in total. The number of benzene rings is 2. The van der Waals surface area contributed by atoms with Gasteiger partial charge in [0.25, 0.3) is 5.91 Å². The Morgan fingerprint density at radius 2 is 2.03 bits per heavy atom. The number of morpholine rings is 1. The Labute approximate surface area is 242 Å². The third-order valence-corrected chi connectivity index (χ3v) is 5.80. The van der Waals surface area contributed by atoms with Crippen LogP contribution in [0.5, 0.6) is 0 Å². The van der Waals surface area contributed by atoms with Crippen molar-refractivity contribution in [1.82, 2.24) is 15.1 Å². The van der Waals surface area contributed by atoms with E-state index in [2.05, 4.69) is 5.32 Å². The Kier molecular flexibility index (Phi) is 3.65. The lowest BCUT2D eigenvalue weighted by Gasteiger charge is -2.47. The fraction of sp³-hybridized carbons (Fsp3) is 0.483. The van der Waals surface area contributed by atoms with E-state index in [4.69, 9.17) is 23.9 Å². The van der Waals surface area contributed by atoms with E-state index in [1.165, 1.54) is 18.2 Å². The molecule has 2 saturated heterocycles. The fourth-order valence-electron chi connectivity index (χ4n) is 4.32. The molecule has 2 aromatic carbocycles. The average molecular weight is 537 g/mol. The van der Waals surface area contributed by atoms with Crippen molar-refractivity contribution in [3.05, 3.63) is 64.5 Å². The van der Waals surface area contributed by atoms with Gasteiger partial charge in [0.05, 0.1) is 18.1 Å². The van der Waals surface area contributed by atoms with Crippen LogP contribution in [0.1, 0.15) is 86.7 Å². The highest BCUT2D eigenvalue weighted by Crippen LogP contribution is 2.33. The van der Waals surface area contributed by atoms with Crippen LogP contribution in [0.3, 0.4) is 0 Å². The van der Waals surface area contributed by atoms with Crippen LogP contribution in [0.2, 0.25) is 0 Å². The van der Waals surface area contributed by atoms with Gasteiger partial charge >= 0.3 is 0 Å². The number of carbonyl (C=O) groups excluding carboxylic acids is 3. The van der Waals surface area contributed by atoms with E-state index in [1.807, 2.05) is 5.32 Å². The largest absolute Gasteiger partial charge is 0.381 e. The van der Waals surface area contributed by atoms with Crippen molar-refractivity contribution in [2.75, 3.05) is 18.3 Å². The summed E-state index contributed by atoms with van der Waals surface area (Å²) < 4.78 is 142. The first-order valence-corrected chi connectivity index (χ1v) is 11.7. The molecule has 3 amide bonds. The van der Waals surface area contributed by atoms with Gasteiger partial charge in [0.2, 0.25) is 11.8 Å². The lowest BCUT2D eigenvalue weighted by atomic mass is 9.98. The Balaban J connectivity index is 1.53. The van der Waals surface area contributed by atoms with Crippen molar-refractivity contribution >= 4 is 23.4 Å². The number of hydrogen-bond acceptors (Lipinski definition) is 6. The molecule has 2 unspecified atom stereocenters. The number of ether oxygens (including phenoxy) is 1. The number of halogens is 1. The second-order valence-electron chi connectivity index (χ2n) is 9.57. The van der Waals surface area contributed by atoms with Gasteiger partial charge in [0, 0.05) is 73.6 Å². The second-order valence-corrected chi connectivity index (χ2v) is 9.57. The van der Waals surface area contributed by atoms with Gasteiger partial charge in [0.15, 0.2) is 0 Å². The third-order valence-electron chi connectivity index (χ3n) is 5.80. The molecule has 9 heteroatoms. The predicted molar refractivity (Wildman–Crippen MR) is 141 cm³/mol. The molecule has 0 aliphatic carbocycles. The molecule has 2 fully saturated rings. The summed E-state index contributed by atoms with van der Waals surface area (Å²) in [6.07, 6.45) is -0.879. The zero-order valence-electron chi connectivity index (χ0n) is 34.8. The average Bonchev–Trinajstić information content (AvgIpc) is 3.18. The van der Waals surface area contributed by atoms with E-state index < -0.39 is 103 Å². The number of piperidine rings is 1. The minimum absolute atomic E-state index is 0.0316. The van der Waals surface area contributed by atoms with Crippen LogP contribution in [0, 0.1) is 5.82 Å². The zero-order valence-corrected chi connectivity index (χ0v) is 20.8. The first-order chi connectivity index (χ1) is 23.3. The molecule has 5 rings (SSSR count). The number of rotatable bonds is 6. The van der Waals surface area contributed by atoms with Gasteiger partial charge in [-0.25, -0.2) is 4.39 Å². The molecule has 0 aromatic heterocycles. The molecule has 8 nitrogen and oxygen atoms in total. The Morgan fingerprint density at radius 1 is 1.24 bits per heavy atom. The van der Waals surface area contributed by atoms with Crippen LogP contribution in [0.25, 0.3) is 0 Å². The van der Waals surface area contributed by atoms with E-state index in [0.29, 0.717) is 11.0 Å². The third kappa shape index (κ3) is 5.44. The summed E-state index contributed by atoms with van der Waals surface area (Å²) in [5.41, 5.74) is -7.63. The standard InChI is InChI=1S/C29H35FN4O4/c1-28(2)16-33(17-29(3,4)38-28)14-18-8-9-19(22(30)12-18)13-31-23-7-5-6-20-21(23)15-34(27(20)37)24-10-11-25(35)32-26(24)36/h5-9,12,24,31H,10-11,13-17H2,1-4H3,(H,32,35,36)/i1D3,13D2,14D2,15D2,16D2,17D2,24D. The van der Waals surface area contributed by atoms with Crippen LogP contribution < -0.4 is 10.6 Å². The van der Waals surface area contributed by atoms with Gasteiger partial charge in [0.1, 0.15) is 11.8 Å². The predicted octanol–water partition coefficient (Wildman–Crippen LogP) is 3.59. The SMILES string of the molecule is [2H]C([2H])(Nc1cccc2c1C([2H])([2H])N(C1([2H])CCC(=O)NC1=O)C2=O)c1ccc(C([2H])([2H])N2C([2H])([2H])C(C)(C)OC(C)(C([2H])([2H])[2H])C2([2H])[2H])cc1F. The maximum absolute atomic E-state index is 15.9. The molecular weight excluding hydrogens is 487 g/mol. The van der Waals surface area contributed by atoms with Gasteiger partial charge in [-0.3, -0.25) is 24.6 Å². The highest BCUT2D eigenvalue weighted by Gasteiger charge is 2.40. The van der Waals surface area contributed by atoms with Gasteiger partial charge in [-0.15, -0.1) is 0 Å². The van der Waals surface area contributed by atoms with Crippen LogP contribution >= 0.6 is 0 Å². The van der Waals surface area contributed by atoms with Gasteiger partial charge in [-0.05, 0) is 57.8 Å². The van der Waals surface area contributed by atoms with Crippen LogP contribution in [0.4, 0.5) is 10.1 Å². The van der Waals surface area contributed by atoms with E-state index in [-0.39, 0.29) is 22.6 Å². The molecule has 2 atom stereocenters. The van der Waals surface area contributed by atoms with Gasteiger partial charge in [-0.2, -0.15) is 0 Å². The van der Waals surface area contributed by atoms with Crippen molar-refractivity contribution in [2.24, 2.45) is 0 Å². The number of imide groups is 1. The topological polar surface area (TPSA) is 91.0 Å². The van der Waals surface area contributed by atoms with E-state index in [1.54, 1.807) is 0 Å². The number of fused-ring (bicyclic) bond motifs is 1. The van der Waals surface area contributed by atoms with Crippen molar-refractivity contribution in [2.45, 2.75) is 77.2 Å². The molecule has 0 spiro atoms. The van der Waals surface area contributed by atoms with E-state index >= 15 is 4.39 Å².